The van der Waals surface area contributed by atoms with E-state index in [1.807, 2.05) is 30.3 Å². The SMILES string of the molecule is O=C(NCC1CCCCC1O)c1cccc2ncccc12. The van der Waals surface area contributed by atoms with Crippen LogP contribution in [0.4, 0.5) is 0 Å². The molecule has 2 aromatic rings. The Hall–Kier alpha value is -1.94. The number of hydrogen-bond acceptors (Lipinski definition) is 3. The van der Waals surface area contributed by atoms with Crippen molar-refractivity contribution in [3.05, 3.63) is 42.1 Å². The van der Waals surface area contributed by atoms with Gasteiger partial charge >= 0.3 is 0 Å². The van der Waals surface area contributed by atoms with Crippen LogP contribution in [0.2, 0.25) is 0 Å². The summed E-state index contributed by atoms with van der Waals surface area (Å²) in [4.78, 5) is 16.7. The average molecular weight is 284 g/mol. The number of nitrogens with one attached hydrogen (secondary N) is 1. The van der Waals surface area contributed by atoms with Crippen LogP contribution in [0.3, 0.4) is 0 Å². The number of carbonyl (C=O) groups is 1. The van der Waals surface area contributed by atoms with Crippen LogP contribution in [0.25, 0.3) is 10.9 Å². The number of fused-ring (bicyclic) bond motifs is 1. The Labute approximate surface area is 124 Å². The van der Waals surface area contributed by atoms with Gasteiger partial charge in [0.2, 0.25) is 0 Å². The van der Waals surface area contributed by atoms with Crippen LogP contribution < -0.4 is 5.32 Å². The Kier molecular flexibility index (Phi) is 4.15. The summed E-state index contributed by atoms with van der Waals surface area (Å²) in [7, 11) is 0. The van der Waals surface area contributed by atoms with E-state index in [2.05, 4.69) is 10.3 Å². The van der Waals surface area contributed by atoms with Crippen molar-refractivity contribution in [2.75, 3.05) is 6.54 Å². The van der Waals surface area contributed by atoms with Crippen LogP contribution >= 0.6 is 0 Å². The Bertz CT molecular complexity index is 636. The fourth-order valence-corrected chi connectivity index (χ4v) is 3.05. The number of aliphatic hydroxyl groups is 1. The first-order chi connectivity index (χ1) is 10.3. The third-order valence-electron chi connectivity index (χ3n) is 4.28. The van der Waals surface area contributed by atoms with Gasteiger partial charge in [-0.05, 0) is 31.0 Å². The normalized spacial score (nSPS) is 22.1. The molecular formula is C17H20N2O2. The van der Waals surface area contributed by atoms with Crippen LogP contribution in [-0.4, -0.2) is 28.6 Å². The first kappa shape index (κ1) is 14.0. The third kappa shape index (κ3) is 3.05. The molecule has 1 heterocycles. The maximum atomic E-state index is 12.4. The van der Waals surface area contributed by atoms with Crippen molar-refractivity contribution in [1.82, 2.24) is 10.3 Å². The molecule has 2 unspecified atom stereocenters. The molecule has 0 spiro atoms. The molecule has 1 aliphatic carbocycles. The quantitative estimate of drug-likeness (QED) is 0.910. The topological polar surface area (TPSA) is 62.2 Å². The van der Waals surface area contributed by atoms with Gasteiger partial charge in [-0.25, -0.2) is 0 Å². The molecule has 1 amide bonds. The van der Waals surface area contributed by atoms with Gasteiger partial charge in [-0.3, -0.25) is 9.78 Å². The van der Waals surface area contributed by atoms with Crippen LogP contribution in [-0.2, 0) is 0 Å². The van der Waals surface area contributed by atoms with Gasteiger partial charge in [0.1, 0.15) is 0 Å². The van der Waals surface area contributed by atoms with Gasteiger partial charge in [-0.1, -0.05) is 25.0 Å². The van der Waals surface area contributed by atoms with E-state index in [-0.39, 0.29) is 17.9 Å². The minimum absolute atomic E-state index is 0.0913. The molecule has 2 atom stereocenters. The lowest BCUT2D eigenvalue weighted by molar-refractivity contribution is 0.0663. The second kappa shape index (κ2) is 6.22. The Morgan fingerprint density at radius 2 is 2.10 bits per heavy atom. The Balaban J connectivity index is 1.72. The molecule has 4 nitrogen and oxygen atoms in total. The molecular weight excluding hydrogens is 264 g/mol. The fourth-order valence-electron chi connectivity index (χ4n) is 3.05. The Morgan fingerprint density at radius 3 is 2.95 bits per heavy atom. The van der Waals surface area contributed by atoms with Crippen molar-refractivity contribution < 1.29 is 9.90 Å². The second-order valence-electron chi connectivity index (χ2n) is 5.70. The number of amides is 1. The standard InChI is InChI=1S/C17H20N2O2/c20-16-9-2-1-5-12(16)11-19-17(21)14-6-3-8-15-13(14)7-4-10-18-15/h3-4,6-8,10,12,16,20H,1-2,5,9,11H2,(H,19,21). The molecule has 4 heteroatoms. The molecule has 3 rings (SSSR count). The number of nitrogens with zero attached hydrogens (tertiary/aromatic N) is 1. The smallest absolute Gasteiger partial charge is 0.251 e. The lowest BCUT2D eigenvalue weighted by atomic mass is 9.86. The molecule has 2 N–H and O–H groups in total. The molecule has 110 valence electrons. The van der Waals surface area contributed by atoms with E-state index in [0.717, 1.165) is 36.6 Å². The zero-order valence-corrected chi connectivity index (χ0v) is 12.0. The van der Waals surface area contributed by atoms with Crippen molar-refractivity contribution >= 4 is 16.8 Å². The summed E-state index contributed by atoms with van der Waals surface area (Å²) in [5.41, 5.74) is 1.47. The largest absolute Gasteiger partial charge is 0.393 e. The molecule has 0 aliphatic heterocycles. The molecule has 21 heavy (non-hydrogen) atoms. The molecule has 0 radical (unpaired) electrons. The number of aromatic nitrogens is 1. The predicted molar refractivity (Wildman–Crippen MR) is 82.0 cm³/mol. The number of benzene rings is 1. The van der Waals surface area contributed by atoms with Crippen LogP contribution in [0.5, 0.6) is 0 Å². The summed E-state index contributed by atoms with van der Waals surface area (Å²) in [6.45, 7) is 0.538. The number of pyridine rings is 1. The maximum absolute atomic E-state index is 12.4. The molecule has 1 fully saturated rings. The zero-order valence-electron chi connectivity index (χ0n) is 12.0. The fraction of sp³-hybridized carbons (Fsp3) is 0.412. The predicted octanol–water partition coefficient (Wildman–Crippen LogP) is 2.52. The average Bonchev–Trinajstić information content (AvgIpc) is 2.53. The lowest BCUT2D eigenvalue weighted by Gasteiger charge is -2.27. The summed E-state index contributed by atoms with van der Waals surface area (Å²) < 4.78 is 0. The van der Waals surface area contributed by atoms with Gasteiger partial charge in [-0.2, -0.15) is 0 Å². The van der Waals surface area contributed by atoms with Crippen LogP contribution in [0, 0.1) is 5.92 Å². The summed E-state index contributed by atoms with van der Waals surface area (Å²) in [5, 5.41) is 13.8. The molecule has 1 aromatic carbocycles. The Morgan fingerprint density at radius 1 is 1.24 bits per heavy atom. The van der Waals surface area contributed by atoms with Crippen LogP contribution in [0.1, 0.15) is 36.0 Å². The summed E-state index contributed by atoms with van der Waals surface area (Å²) >= 11 is 0. The second-order valence-corrected chi connectivity index (χ2v) is 5.70. The minimum Gasteiger partial charge on any atom is -0.393 e. The van der Waals surface area contributed by atoms with Crippen molar-refractivity contribution in [3.8, 4) is 0 Å². The van der Waals surface area contributed by atoms with E-state index in [1.165, 1.54) is 0 Å². The highest BCUT2D eigenvalue weighted by atomic mass is 16.3. The highest BCUT2D eigenvalue weighted by molar-refractivity contribution is 6.06. The van der Waals surface area contributed by atoms with Gasteiger partial charge in [0.15, 0.2) is 0 Å². The van der Waals surface area contributed by atoms with Gasteiger partial charge in [-0.15, -0.1) is 0 Å². The number of carbonyl (C=O) groups excluding carboxylic acids is 1. The molecule has 0 bridgehead atoms. The first-order valence-corrected chi connectivity index (χ1v) is 7.56. The third-order valence-corrected chi connectivity index (χ3v) is 4.28. The van der Waals surface area contributed by atoms with Gasteiger partial charge in [0, 0.05) is 29.6 Å². The first-order valence-electron chi connectivity index (χ1n) is 7.56. The molecule has 1 saturated carbocycles. The van der Waals surface area contributed by atoms with E-state index < -0.39 is 0 Å². The maximum Gasteiger partial charge on any atom is 0.251 e. The van der Waals surface area contributed by atoms with E-state index in [1.54, 1.807) is 6.20 Å². The van der Waals surface area contributed by atoms with Crippen LogP contribution in [0.15, 0.2) is 36.5 Å². The van der Waals surface area contributed by atoms with E-state index in [4.69, 9.17) is 0 Å². The molecule has 0 saturated heterocycles. The van der Waals surface area contributed by atoms with Crippen molar-refractivity contribution in [2.24, 2.45) is 5.92 Å². The van der Waals surface area contributed by atoms with Gasteiger partial charge in [0.25, 0.3) is 5.91 Å². The number of hydrogen-bond donors (Lipinski definition) is 2. The summed E-state index contributed by atoms with van der Waals surface area (Å²) in [5.74, 6) is 0.0853. The summed E-state index contributed by atoms with van der Waals surface area (Å²) in [6, 6.07) is 9.31. The van der Waals surface area contributed by atoms with E-state index in [9.17, 15) is 9.90 Å². The highest BCUT2D eigenvalue weighted by Gasteiger charge is 2.23. The monoisotopic (exact) mass is 284 g/mol. The van der Waals surface area contributed by atoms with Crippen molar-refractivity contribution in [3.63, 3.8) is 0 Å². The zero-order chi connectivity index (χ0) is 14.7. The van der Waals surface area contributed by atoms with Crippen molar-refractivity contribution in [2.45, 2.75) is 31.8 Å². The molecule has 1 aromatic heterocycles. The highest BCUT2D eigenvalue weighted by Crippen LogP contribution is 2.24. The summed E-state index contributed by atoms with van der Waals surface area (Å²) in [6.07, 6.45) is 5.49. The number of aliphatic hydroxyl groups excluding tert-OH is 1. The van der Waals surface area contributed by atoms with Crippen molar-refractivity contribution in [1.29, 1.82) is 0 Å². The lowest BCUT2D eigenvalue weighted by Crippen LogP contribution is -2.36. The van der Waals surface area contributed by atoms with E-state index in [0.29, 0.717) is 12.1 Å². The van der Waals surface area contributed by atoms with E-state index >= 15 is 0 Å². The van der Waals surface area contributed by atoms with Gasteiger partial charge in [0.05, 0.1) is 11.6 Å². The molecule has 1 aliphatic rings. The number of rotatable bonds is 3. The minimum atomic E-state index is -0.284. The van der Waals surface area contributed by atoms with Gasteiger partial charge < -0.3 is 10.4 Å².